The van der Waals surface area contributed by atoms with Gasteiger partial charge in [-0.05, 0) is 11.6 Å². The molecule has 6 nitrogen and oxygen atoms in total. The molecule has 1 aromatic carbocycles. The van der Waals surface area contributed by atoms with Crippen LogP contribution in [0, 0.1) is 11.6 Å². The van der Waals surface area contributed by atoms with E-state index >= 15 is 0 Å². The minimum atomic E-state index is -4.19. The van der Waals surface area contributed by atoms with Gasteiger partial charge in [0.1, 0.15) is 11.6 Å². The smallest absolute Gasteiger partial charge is 0.455 e. The quantitative estimate of drug-likeness (QED) is 0.763. The maximum atomic E-state index is 13.8. The second kappa shape index (κ2) is 7.12. The fourth-order valence-corrected chi connectivity index (χ4v) is 4.13. The van der Waals surface area contributed by atoms with E-state index in [0.717, 1.165) is 32.9 Å². The monoisotopic (exact) mass is 332 g/mol. The molecule has 0 aliphatic rings. The molecular weight excluding hydrogens is 318 g/mol. The van der Waals surface area contributed by atoms with Crippen LogP contribution in [0.4, 0.5) is 8.78 Å². The van der Waals surface area contributed by atoms with Gasteiger partial charge in [-0.1, -0.05) is 6.07 Å². The highest BCUT2D eigenvalue weighted by atomic mass is 28.4. The Kier molecular flexibility index (Phi) is 5.74. The Labute approximate surface area is 126 Å². The van der Waals surface area contributed by atoms with Crippen molar-refractivity contribution in [2.75, 3.05) is 0 Å². The Morgan fingerprint density at radius 2 is 1.41 bits per heavy atom. The maximum Gasteiger partial charge on any atom is 0.709 e. The van der Waals surface area contributed by atoms with Crippen LogP contribution >= 0.6 is 0 Å². The minimum Gasteiger partial charge on any atom is -0.455 e. The summed E-state index contributed by atoms with van der Waals surface area (Å²) in [6.07, 6.45) is 0. The van der Waals surface area contributed by atoms with Crippen LogP contribution in [0.2, 0.25) is 0 Å². The van der Waals surface area contributed by atoms with Gasteiger partial charge in [-0.2, -0.15) is 0 Å². The lowest BCUT2D eigenvalue weighted by Gasteiger charge is -2.26. The first kappa shape index (κ1) is 17.8. The van der Waals surface area contributed by atoms with Crippen molar-refractivity contribution < 1.29 is 36.4 Å². The summed E-state index contributed by atoms with van der Waals surface area (Å²) in [5.74, 6) is -4.34. The molecule has 1 aromatic rings. The Balaban J connectivity index is 3.23. The van der Waals surface area contributed by atoms with Gasteiger partial charge in [0.05, 0.1) is 6.04 Å². The van der Waals surface area contributed by atoms with Crippen LogP contribution in [-0.2, 0) is 33.7 Å². The molecule has 0 fully saturated rings. The number of carbonyl (C=O) groups excluding carboxylic acids is 3. The van der Waals surface area contributed by atoms with E-state index in [1.807, 2.05) is 0 Å². The van der Waals surface area contributed by atoms with Gasteiger partial charge in [0.25, 0.3) is 17.9 Å². The SMILES string of the molecule is CC(=O)O[Si](Cc1ccc(F)cc1F)(OC(C)=O)OC(C)=O. The average Bonchev–Trinajstić information content (AvgIpc) is 2.29. The average molecular weight is 332 g/mol. The molecule has 0 saturated heterocycles. The summed E-state index contributed by atoms with van der Waals surface area (Å²) in [7, 11) is -4.19. The Hall–Kier alpha value is -2.29. The van der Waals surface area contributed by atoms with Crippen LogP contribution in [0.25, 0.3) is 0 Å². The number of carbonyl (C=O) groups is 3. The van der Waals surface area contributed by atoms with Gasteiger partial charge in [-0.25, -0.2) is 8.78 Å². The first-order valence-corrected chi connectivity index (χ1v) is 8.09. The van der Waals surface area contributed by atoms with Gasteiger partial charge in [-0.15, -0.1) is 0 Å². The molecule has 0 aliphatic heterocycles. The summed E-state index contributed by atoms with van der Waals surface area (Å²) in [5, 5.41) is 0. The molecular formula is C13H14F2O6Si. The van der Waals surface area contributed by atoms with Crippen molar-refractivity contribution in [3.05, 3.63) is 35.4 Å². The minimum absolute atomic E-state index is 0.114. The molecule has 0 heterocycles. The summed E-state index contributed by atoms with van der Waals surface area (Å²) in [6, 6.07) is 2.19. The summed E-state index contributed by atoms with van der Waals surface area (Å²) >= 11 is 0. The molecule has 22 heavy (non-hydrogen) atoms. The van der Waals surface area contributed by atoms with Crippen molar-refractivity contribution in [2.45, 2.75) is 26.8 Å². The fraction of sp³-hybridized carbons (Fsp3) is 0.308. The number of hydrogen-bond acceptors (Lipinski definition) is 6. The van der Waals surface area contributed by atoms with E-state index in [2.05, 4.69) is 0 Å². The lowest BCUT2D eigenvalue weighted by atomic mass is 10.2. The number of benzene rings is 1. The van der Waals surface area contributed by atoms with Gasteiger partial charge in [0.15, 0.2) is 0 Å². The van der Waals surface area contributed by atoms with Crippen LogP contribution in [0.5, 0.6) is 0 Å². The summed E-state index contributed by atoms with van der Waals surface area (Å²) < 4.78 is 41.4. The third-order valence-corrected chi connectivity index (χ3v) is 4.93. The molecule has 9 heteroatoms. The molecule has 0 spiro atoms. The molecule has 1 rings (SSSR count). The Morgan fingerprint density at radius 1 is 0.955 bits per heavy atom. The second-order valence-corrected chi connectivity index (χ2v) is 6.71. The van der Waals surface area contributed by atoms with E-state index in [1.54, 1.807) is 0 Å². The summed E-state index contributed by atoms with van der Waals surface area (Å²) in [4.78, 5) is 33.7. The van der Waals surface area contributed by atoms with Crippen LogP contribution in [0.3, 0.4) is 0 Å². The van der Waals surface area contributed by atoms with Crippen molar-refractivity contribution in [3.8, 4) is 0 Å². The van der Waals surface area contributed by atoms with Crippen LogP contribution in [0.1, 0.15) is 26.3 Å². The number of hydrogen-bond donors (Lipinski definition) is 0. The van der Waals surface area contributed by atoms with Crippen molar-refractivity contribution in [2.24, 2.45) is 0 Å². The number of halogens is 2. The first-order chi connectivity index (χ1) is 10.1. The molecule has 0 radical (unpaired) electrons. The predicted octanol–water partition coefficient (Wildman–Crippen LogP) is 1.67. The van der Waals surface area contributed by atoms with Gasteiger partial charge < -0.3 is 13.3 Å². The van der Waals surface area contributed by atoms with E-state index in [4.69, 9.17) is 13.3 Å². The molecule has 0 aliphatic carbocycles. The van der Waals surface area contributed by atoms with Crippen molar-refractivity contribution in [1.29, 1.82) is 0 Å². The second-order valence-electron chi connectivity index (χ2n) is 4.38. The zero-order valence-corrected chi connectivity index (χ0v) is 13.1. The third-order valence-electron chi connectivity index (χ3n) is 2.32. The normalized spacial score (nSPS) is 10.8. The molecule has 120 valence electrons. The molecule has 0 N–H and O–H groups in total. The highest BCUT2D eigenvalue weighted by Crippen LogP contribution is 2.21. The predicted molar refractivity (Wildman–Crippen MR) is 71.1 cm³/mol. The van der Waals surface area contributed by atoms with Crippen LogP contribution < -0.4 is 0 Å². The summed E-state index contributed by atoms with van der Waals surface area (Å²) in [5.41, 5.74) is -0.114. The van der Waals surface area contributed by atoms with Crippen molar-refractivity contribution in [3.63, 3.8) is 0 Å². The highest BCUT2D eigenvalue weighted by molar-refractivity contribution is 6.65. The maximum absolute atomic E-state index is 13.8. The van der Waals surface area contributed by atoms with Crippen molar-refractivity contribution >= 4 is 26.7 Å². The molecule has 0 saturated carbocycles. The molecule has 0 atom stereocenters. The van der Waals surface area contributed by atoms with Gasteiger partial charge in [-0.3, -0.25) is 14.4 Å². The first-order valence-electron chi connectivity index (χ1n) is 6.16. The van der Waals surface area contributed by atoms with Gasteiger partial charge in [0.2, 0.25) is 0 Å². The molecule has 0 aromatic heterocycles. The molecule has 0 amide bonds. The van der Waals surface area contributed by atoms with E-state index in [1.165, 1.54) is 0 Å². The van der Waals surface area contributed by atoms with Crippen molar-refractivity contribution in [1.82, 2.24) is 0 Å². The lowest BCUT2D eigenvalue weighted by molar-refractivity contribution is -0.147. The zero-order chi connectivity index (χ0) is 16.9. The zero-order valence-electron chi connectivity index (χ0n) is 12.1. The standard InChI is InChI=1S/C13H14F2O6Si/c1-8(16)19-22(20-9(2)17,21-10(3)18)7-11-4-5-12(14)6-13(11)15/h4-6H,7H2,1-3H3. The molecule has 0 bridgehead atoms. The highest BCUT2D eigenvalue weighted by Gasteiger charge is 2.52. The Morgan fingerprint density at radius 3 is 1.77 bits per heavy atom. The van der Waals surface area contributed by atoms with E-state index in [9.17, 15) is 23.2 Å². The largest absolute Gasteiger partial charge is 0.709 e. The third kappa shape index (κ3) is 5.24. The molecule has 0 unspecified atom stereocenters. The van der Waals surface area contributed by atoms with Crippen LogP contribution in [-0.4, -0.2) is 26.7 Å². The fourth-order valence-electron chi connectivity index (χ4n) is 1.73. The van der Waals surface area contributed by atoms with Gasteiger partial charge in [0, 0.05) is 26.8 Å². The number of rotatable bonds is 5. The van der Waals surface area contributed by atoms with E-state index in [-0.39, 0.29) is 5.56 Å². The van der Waals surface area contributed by atoms with Crippen LogP contribution in [0.15, 0.2) is 18.2 Å². The van der Waals surface area contributed by atoms with E-state index < -0.39 is 44.4 Å². The Bertz CT molecular complexity index is 563. The lowest BCUT2D eigenvalue weighted by Crippen LogP contribution is -2.52. The van der Waals surface area contributed by atoms with E-state index in [0.29, 0.717) is 6.07 Å². The topological polar surface area (TPSA) is 78.9 Å². The summed E-state index contributed by atoms with van der Waals surface area (Å²) in [6.45, 7) is 3.07. The van der Waals surface area contributed by atoms with Gasteiger partial charge >= 0.3 is 8.80 Å².